The van der Waals surface area contributed by atoms with Crippen LogP contribution in [0.5, 0.6) is 0 Å². The van der Waals surface area contributed by atoms with Gasteiger partial charge in [-0.3, -0.25) is 4.79 Å². The quantitative estimate of drug-likeness (QED) is 0.724. The first-order valence-corrected chi connectivity index (χ1v) is 10.8. The maximum Gasteiger partial charge on any atom is 0.408 e. The number of nitrogens with zero attached hydrogens (tertiary/aromatic N) is 4. The van der Waals surface area contributed by atoms with E-state index in [0.717, 1.165) is 23.8 Å². The number of carbonyl (C=O) groups excluding carboxylic acids is 2. The van der Waals surface area contributed by atoms with Gasteiger partial charge in [0.1, 0.15) is 17.7 Å². The molecule has 1 fully saturated rings. The number of nitrogens with one attached hydrogen (secondary N) is 1. The molecule has 31 heavy (non-hydrogen) atoms. The number of thiophene rings is 1. The summed E-state index contributed by atoms with van der Waals surface area (Å²) in [6.07, 6.45) is 5.30. The lowest BCUT2D eigenvalue weighted by molar-refractivity contribution is -0.120. The molecular formula is C21H28N6O3S. The van der Waals surface area contributed by atoms with Crippen LogP contribution in [0.4, 0.5) is 10.6 Å². The summed E-state index contributed by atoms with van der Waals surface area (Å²) in [7, 11) is 0. The van der Waals surface area contributed by atoms with E-state index in [0.29, 0.717) is 12.1 Å². The highest BCUT2D eigenvalue weighted by Gasteiger charge is 2.23. The van der Waals surface area contributed by atoms with Gasteiger partial charge in [-0.25, -0.2) is 14.8 Å². The molecule has 0 unspecified atom stereocenters. The first-order chi connectivity index (χ1) is 14.7. The molecule has 0 saturated carbocycles. The fourth-order valence-corrected chi connectivity index (χ4v) is 3.62. The van der Waals surface area contributed by atoms with Crippen LogP contribution in [-0.2, 0) is 16.0 Å². The van der Waals surface area contributed by atoms with E-state index in [4.69, 9.17) is 15.7 Å². The molecule has 0 radical (unpaired) electrons. The standard InChI is InChI=1S/C12H18N2O3S.C9H10N4/c1-12(2,3)17-11(16)14-9(10(13)15)7-8-5-4-6-18-8;10-7-8-9(12-4-3-11-8)13-5-1-2-6-13/h4-6,9H,7H2,1-3H3,(H2,13,15)(H,14,16);3-4H,1-2,5-6H2/t9-;/m0./s1. The Balaban J connectivity index is 0.000000231. The van der Waals surface area contributed by atoms with Gasteiger partial charge in [0.2, 0.25) is 5.91 Å². The maximum absolute atomic E-state index is 11.6. The lowest BCUT2D eigenvalue weighted by atomic mass is 10.1. The number of aromatic nitrogens is 2. The van der Waals surface area contributed by atoms with Crippen LogP contribution in [0.2, 0.25) is 0 Å². The maximum atomic E-state index is 11.6. The second-order valence-corrected chi connectivity index (χ2v) is 8.95. The SMILES string of the molecule is CC(C)(C)OC(=O)N[C@@H](Cc1cccs1)C(N)=O.N#Cc1nccnc1N1CCCC1. The first kappa shape index (κ1) is 24.1. The lowest BCUT2D eigenvalue weighted by Gasteiger charge is -2.22. The van der Waals surface area contributed by atoms with Crippen LogP contribution in [0.1, 0.15) is 44.2 Å². The summed E-state index contributed by atoms with van der Waals surface area (Å²) in [6, 6.07) is 5.07. The zero-order valence-corrected chi connectivity index (χ0v) is 18.8. The summed E-state index contributed by atoms with van der Waals surface area (Å²) in [5.41, 5.74) is 5.09. The Morgan fingerprint density at radius 3 is 2.55 bits per heavy atom. The molecule has 2 aromatic rings. The third-order valence-corrected chi connectivity index (χ3v) is 5.11. The number of rotatable bonds is 5. The van der Waals surface area contributed by atoms with Gasteiger partial charge < -0.3 is 20.7 Å². The monoisotopic (exact) mass is 444 g/mol. The Labute approximate surface area is 186 Å². The largest absolute Gasteiger partial charge is 0.444 e. The van der Waals surface area contributed by atoms with Crippen molar-refractivity contribution in [2.75, 3.05) is 18.0 Å². The molecule has 3 rings (SSSR count). The molecule has 0 aromatic carbocycles. The highest BCUT2D eigenvalue weighted by molar-refractivity contribution is 7.09. The summed E-state index contributed by atoms with van der Waals surface area (Å²) >= 11 is 1.51. The number of nitriles is 1. The van der Waals surface area contributed by atoms with Crippen LogP contribution in [0.25, 0.3) is 0 Å². The summed E-state index contributed by atoms with van der Waals surface area (Å²) < 4.78 is 5.08. The predicted octanol–water partition coefficient (Wildman–Crippen LogP) is 2.62. The third-order valence-electron chi connectivity index (χ3n) is 4.21. The normalized spacial score (nSPS) is 14.1. The number of alkyl carbamates (subject to hydrolysis) is 1. The second-order valence-electron chi connectivity index (χ2n) is 7.92. The van der Waals surface area contributed by atoms with E-state index in [2.05, 4.69) is 26.3 Å². The molecule has 3 heterocycles. The number of anilines is 1. The van der Waals surface area contributed by atoms with Gasteiger partial charge in [-0.1, -0.05) is 6.07 Å². The van der Waals surface area contributed by atoms with Crippen molar-refractivity contribution in [3.8, 4) is 6.07 Å². The molecule has 0 bridgehead atoms. The minimum Gasteiger partial charge on any atom is -0.444 e. The van der Waals surface area contributed by atoms with E-state index in [1.54, 1.807) is 33.2 Å². The minimum absolute atomic E-state index is 0.381. The molecule has 1 aliphatic rings. The van der Waals surface area contributed by atoms with Gasteiger partial charge in [0, 0.05) is 36.8 Å². The molecule has 9 nitrogen and oxygen atoms in total. The average molecular weight is 445 g/mol. The van der Waals surface area contributed by atoms with Gasteiger partial charge in [0.25, 0.3) is 0 Å². The molecule has 1 aliphatic heterocycles. The van der Waals surface area contributed by atoms with Gasteiger partial charge in [0.15, 0.2) is 11.5 Å². The van der Waals surface area contributed by atoms with Crippen molar-refractivity contribution in [3.63, 3.8) is 0 Å². The van der Waals surface area contributed by atoms with Crippen molar-refractivity contribution >= 4 is 29.2 Å². The fraction of sp³-hybridized carbons (Fsp3) is 0.476. The van der Waals surface area contributed by atoms with E-state index in [-0.39, 0.29) is 0 Å². The Morgan fingerprint density at radius 2 is 2.00 bits per heavy atom. The zero-order valence-electron chi connectivity index (χ0n) is 18.0. The Hall–Kier alpha value is -3.19. The first-order valence-electron chi connectivity index (χ1n) is 9.97. The highest BCUT2D eigenvalue weighted by Crippen LogP contribution is 2.19. The summed E-state index contributed by atoms with van der Waals surface area (Å²) in [5.74, 6) is 0.164. The topological polar surface area (TPSA) is 134 Å². The highest BCUT2D eigenvalue weighted by atomic mass is 32.1. The van der Waals surface area contributed by atoms with Gasteiger partial charge in [0.05, 0.1) is 0 Å². The van der Waals surface area contributed by atoms with Crippen molar-refractivity contribution in [2.45, 2.75) is 51.7 Å². The third kappa shape index (κ3) is 8.22. The van der Waals surface area contributed by atoms with Gasteiger partial charge in [-0.2, -0.15) is 5.26 Å². The fourth-order valence-electron chi connectivity index (χ4n) is 2.87. The van der Waals surface area contributed by atoms with Crippen LogP contribution >= 0.6 is 11.3 Å². The van der Waals surface area contributed by atoms with Gasteiger partial charge in [-0.15, -0.1) is 11.3 Å². The van der Waals surface area contributed by atoms with E-state index >= 15 is 0 Å². The molecule has 10 heteroatoms. The van der Waals surface area contributed by atoms with Crippen LogP contribution < -0.4 is 16.0 Å². The molecule has 0 aliphatic carbocycles. The molecule has 2 aromatic heterocycles. The Kier molecular flexibility index (Phi) is 8.75. The number of ether oxygens (including phenoxy) is 1. The summed E-state index contributed by atoms with van der Waals surface area (Å²) in [6.45, 7) is 7.25. The van der Waals surface area contributed by atoms with Crippen molar-refractivity contribution in [3.05, 3.63) is 40.5 Å². The van der Waals surface area contributed by atoms with Crippen LogP contribution in [0.15, 0.2) is 29.9 Å². The smallest absolute Gasteiger partial charge is 0.408 e. The van der Waals surface area contributed by atoms with Crippen LogP contribution in [-0.4, -0.2) is 46.7 Å². The van der Waals surface area contributed by atoms with Crippen LogP contribution in [0, 0.1) is 11.3 Å². The number of nitrogens with two attached hydrogens (primary N) is 1. The predicted molar refractivity (Wildman–Crippen MR) is 119 cm³/mol. The van der Waals surface area contributed by atoms with Crippen LogP contribution in [0.3, 0.4) is 0 Å². The molecule has 1 atom stereocenters. The van der Waals surface area contributed by atoms with Crippen molar-refractivity contribution < 1.29 is 14.3 Å². The van der Waals surface area contributed by atoms with E-state index in [1.807, 2.05) is 17.5 Å². The molecule has 1 saturated heterocycles. The van der Waals surface area contributed by atoms with E-state index in [1.165, 1.54) is 24.2 Å². The van der Waals surface area contributed by atoms with E-state index < -0.39 is 23.6 Å². The Bertz CT molecular complexity index is 899. The van der Waals surface area contributed by atoms with Gasteiger partial charge in [-0.05, 0) is 45.1 Å². The summed E-state index contributed by atoms with van der Waals surface area (Å²) in [4.78, 5) is 34.1. The van der Waals surface area contributed by atoms with Gasteiger partial charge >= 0.3 is 6.09 Å². The molecular weight excluding hydrogens is 416 g/mol. The summed E-state index contributed by atoms with van der Waals surface area (Å²) in [5, 5.41) is 13.2. The second kappa shape index (κ2) is 11.3. The number of hydrogen-bond acceptors (Lipinski definition) is 8. The molecule has 0 spiro atoms. The lowest BCUT2D eigenvalue weighted by Crippen LogP contribution is -2.47. The number of primary amides is 1. The number of carbonyl (C=O) groups is 2. The van der Waals surface area contributed by atoms with Crippen molar-refractivity contribution in [1.29, 1.82) is 5.26 Å². The average Bonchev–Trinajstić information content (AvgIpc) is 3.40. The number of amides is 2. The van der Waals surface area contributed by atoms with Crippen molar-refractivity contribution in [1.82, 2.24) is 15.3 Å². The molecule has 166 valence electrons. The molecule has 2 amide bonds. The zero-order chi connectivity index (χ0) is 22.9. The number of hydrogen-bond donors (Lipinski definition) is 2. The van der Waals surface area contributed by atoms with Crippen molar-refractivity contribution in [2.24, 2.45) is 5.73 Å². The Morgan fingerprint density at radius 1 is 1.32 bits per heavy atom. The minimum atomic E-state index is -0.751. The molecule has 3 N–H and O–H groups in total. The van der Waals surface area contributed by atoms with E-state index in [9.17, 15) is 9.59 Å².